The summed E-state index contributed by atoms with van der Waals surface area (Å²) in [5.41, 5.74) is 0. The van der Waals surface area contributed by atoms with Crippen LogP contribution in [0.5, 0.6) is 0 Å². The van der Waals surface area contributed by atoms with Gasteiger partial charge in [-0.05, 0) is 12.8 Å². The summed E-state index contributed by atoms with van der Waals surface area (Å²) in [6.45, 7) is 0. The van der Waals surface area contributed by atoms with Gasteiger partial charge in [0.25, 0.3) is 5.91 Å². The van der Waals surface area contributed by atoms with Gasteiger partial charge in [-0.15, -0.1) is 4.91 Å². The van der Waals surface area contributed by atoms with Gasteiger partial charge in [0.15, 0.2) is 0 Å². The van der Waals surface area contributed by atoms with Crippen LogP contribution in [0.4, 0.5) is 0 Å². The molecule has 0 aromatic heterocycles. The first-order valence-electron chi connectivity index (χ1n) is 5.96. The smallest absolute Gasteiger partial charge is 0.324 e. The minimum atomic E-state index is -0.565. The van der Waals surface area contributed by atoms with E-state index in [1.54, 1.807) is 0 Å². The summed E-state index contributed by atoms with van der Waals surface area (Å²) in [6, 6.07) is 0. The molecular weight excluding hydrogens is 224 g/mol. The number of amides is 1. The van der Waals surface area contributed by atoms with Crippen molar-refractivity contribution in [3.05, 3.63) is 4.91 Å². The summed E-state index contributed by atoms with van der Waals surface area (Å²) in [6.07, 6.45) is 7.22. The van der Waals surface area contributed by atoms with Gasteiger partial charge in [0, 0.05) is 18.0 Å². The summed E-state index contributed by atoms with van der Waals surface area (Å²) in [7, 11) is 0. The second-order valence-corrected chi connectivity index (χ2v) is 3.95. The molecule has 1 amide bonds. The number of nitroso groups, excluding NO2 is 1. The van der Waals surface area contributed by atoms with E-state index in [1.807, 2.05) is 0 Å². The first-order chi connectivity index (χ1) is 8.20. The molecule has 0 aliphatic rings. The monoisotopic (exact) mass is 244 g/mol. The van der Waals surface area contributed by atoms with Crippen LogP contribution in [0.2, 0.25) is 0 Å². The summed E-state index contributed by atoms with van der Waals surface area (Å²) in [5.74, 6) is 3.76. The van der Waals surface area contributed by atoms with E-state index in [9.17, 15) is 14.5 Å². The summed E-state index contributed by atoms with van der Waals surface area (Å²) in [4.78, 5) is 35.0. The molecule has 0 fully saturated rings. The van der Waals surface area contributed by atoms with E-state index >= 15 is 0 Å². The van der Waals surface area contributed by atoms with Gasteiger partial charge < -0.3 is 4.84 Å². The van der Waals surface area contributed by atoms with E-state index in [0.29, 0.717) is 6.42 Å². The van der Waals surface area contributed by atoms with Crippen molar-refractivity contribution in [2.45, 2.75) is 57.8 Å². The highest BCUT2D eigenvalue weighted by atomic mass is 16.7. The molecule has 2 N–H and O–H groups in total. The molecule has 0 aromatic rings. The highest BCUT2D eigenvalue weighted by molar-refractivity contribution is 5.76. The number of hydrogen-bond acceptors (Lipinski definition) is 5. The zero-order valence-electron chi connectivity index (χ0n) is 10.0. The van der Waals surface area contributed by atoms with E-state index < -0.39 is 5.91 Å². The molecule has 98 valence electrons. The lowest BCUT2D eigenvalue weighted by Crippen LogP contribution is -2.08. The highest BCUT2D eigenvalue weighted by Crippen LogP contribution is 2.10. The molecule has 6 heteroatoms. The van der Waals surface area contributed by atoms with Crippen LogP contribution in [-0.2, 0) is 14.4 Å². The second-order valence-electron chi connectivity index (χ2n) is 3.95. The predicted molar refractivity (Wildman–Crippen MR) is 62.6 cm³/mol. The first kappa shape index (κ1) is 15.7. The van der Waals surface area contributed by atoms with E-state index in [-0.39, 0.29) is 12.4 Å². The minimum absolute atomic E-state index is 0.256. The second kappa shape index (κ2) is 11.2. The van der Waals surface area contributed by atoms with Gasteiger partial charge in [0.2, 0.25) is 0 Å². The lowest BCUT2D eigenvalue weighted by Gasteiger charge is -2.00. The SMILES string of the molecule is NOC(=O)CCCCCCCCCC(=O)N=O. The van der Waals surface area contributed by atoms with Crippen LogP contribution >= 0.6 is 0 Å². The fourth-order valence-corrected chi connectivity index (χ4v) is 1.53. The Kier molecular flexibility index (Phi) is 10.3. The number of nitrogens with two attached hydrogens (primary N) is 1. The Morgan fingerprint density at radius 2 is 1.35 bits per heavy atom. The zero-order chi connectivity index (χ0) is 12.9. The Labute approximate surface area is 101 Å². The van der Waals surface area contributed by atoms with Gasteiger partial charge in [-0.2, -0.15) is 5.90 Å². The van der Waals surface area contributed by atoms with Crippen LogP contribution in [-0.4, -0.2) is 11.9 Å². The third-order valence-electron chi connectivity index (χ3n) is 2.50. The number of hydrogen-bond donors (Lipinski definition) is 1. The van der Waals surface area contributed by atoms with Gasteiger partial charge in [0.1, 0.15) is 0 Å². The molecule has 0 heterocycles. The van der Waals surface area contributed by atoms with Crippen molar-refractivity contribution >= 4 is 11.9 Å². The van der Waals surface area contributed by atoms with Crippen molar-refractivity contribution in [3.8, 4) is 0 Å². The average Bonchev–Trinajstić information content (AvgIpc) is 2.35. The van der Waals surface area contributed by atoms with Crippen molar-refractivity contribution in [2.24, 2.45) is 11.1 Å². The number of carbonyl (C=O) groups excluding carboxylic acids is 2. The van der Waals surface area contributed by atoms with Gasteiger partial charge >= 0.3 is 5.97 Å². The number of rotatable bonds is 10. The normalized spacial score (nSPS) is 9.94. The Bertz CT molecular complexity index is 244. The van der Waals surface area contributed by atoms with Crippen LogP contribution < -0.4 is 5.90 Å². The van der Waals surface area contributed by atoms with Crippen LogP contribution in [0.15, 0.2) is 5.18 Å². The van der Waals surface area contributed by atoms with Crippen molar-refractivity contribution in [1.82, 2.24) is 0 Å². The Morgan fingerprint density at radius 1 is 0.882 bits per heavy atom. The molecule has 0 aliphatic heterocycles. The van der Waals surface area contributed by atoms with Gasteiger partial charge in [0.05, 0.1) is 0 Å². The third kappa shape index (κ3) is 11.0. The Balaban J connectivity index is 3.11. The molecule has 0 unspecified atom stereocenters. The van der Waals surface area contributed by atoms with Crippen molar-refractivity contribution in [3.63, 3.8) is 0 Å². The molecule has 0 atom stereocenters. The summed E-state index contributed by atoms with van der Waals surface area (Å²) < 4.78 is 0. The fraction of sp³-hybridized carbons (Fsp3) is 0.818. The lowest BCUT2D eigenvalue weighted by molar-refractivity contribution is -0.144. The summed E-state index contributed by atoms with van der Waals surface area (Å²) in [5, 5.41) is 2.33. The topological polar surface area (TPSA) is 98.8 Å². The average molecular weight is 244 g/mol. The zero-order valence-corrected chi connectivity index (χ0v) is 10.0. The molecule has 6 nitrogen and oxygen atoms in total. The maximum absolute atomic E-state index is 10.7. The molecule has 0 saturated heterocycles. The standard InChI is InChI=1S/C11H20N2O4/c12-17-11(15)9-7-5-3-1-2-4-6-8-10(14)13-16/h1-9,12H2. The molecule has 0 bridgehead atoms. The van der Waals surface area contributed by atoms with Gasteiger partial charge in [-0.1, -0.05) is 32.1 Å². The number of unbranched alkanes of at least 4 members (excludes halogenated alkanes) is 6. The maximum atomic E-state index is 10.7. The maximum Gasteiger partial charge on any atom is 0.324 e. The molecule has 0 rings (SSSR count). The van der Waals surface area contributed by atoms with Gasteiger partial charge in [-0.3, -0.25) is 9.59 Å². The van der Waals surface area contributed by atoms with Gasteiger partial charge in [-0.25, -0.2) is 0 Å². The summed E-state index contributed by atoms with van der Waals surface area (Å²) >= 11 is 0. The van der Waals surface area contributed by atoms with Crippen LogP contribution in [0, 0.1) is 4.91 Å². The number of carbonyl (C=O) groups is 2. The largest absolute Gasteiger partial charge is 0.373 e. The van der Waals surface area contributed by atoms with Crippen molar-refractivity contribution < 1.29 is 14.4 Å². The van der Waals surface area contributed by atoms with E-state index in [4.69, 9.17) is 5.90 Å². The molecule has 0 aromatic carbocycles. The molecular formula is C11H20N2O4. The Morgan fingerprint density at radius 3 is 1.82 bits per heavy atom. The van der Waals surface area contributed by atoms with Crippen LogP contribution in [0.1, 0.15) is 57.8 Å². The molecule has 17 heavy (non-hydrogen) atoms. The Hall–Kier alpha value is -1.30. The lowest BCUT2D eigenvalue weighted by atomic mass is 10.1. The van der Waals surface area contributed by atoms with E-state index in [1.165, 1.54) is 0 Å². The quantitative estimate of drug-likeness (QED) is 0.361. The third-order valence-corrected chi connectivity index (χ3v) is 2.50. The van der Waals surface area contributed by atoms with Crippen molar-refractivity contribution in [1.29, 1.82) is 0 Å². The minimum Gasteiger partial charge on any atom is -0.373 e. The van der Waals surface area contributed by atoms with Crippen LogP contribution in [0.3, 0.4) is 0 Å². The first-order valence-corrected chi connectivity index (χ1v) is 5.96. The van der Waals surface area contributed by atoms with Crippen LogP contribution in [0.25, 0.3) is 0 Å². The highest BCUT2D eigenvalue weighted by Gasteiger charge is 2.01. The molecule has 0 saturated carbocycles. The predicted octanol–water partition coefficient (Wildman–Crippen LogP) is 2.21. The van der Waals surface area contributed by atoms with E-state index in [2.05, 4.69) is 10.0 Å². The molecule has 0 aliphatic carbocycles. The fourth-order valence-electron chi connectivity index (χ4n) is 1.53. The molecule has 0 spiro atoms. The van der Waals surface area contributed by atoms with Crippen molar-refractivity contribution in [2.75, 3.05) is 0 Å². The number of nitrogens with zero attached hydrogens (tertiary/aromatic N) is 1. The molecule has 0 radical (unpaired) electrons. The van der Waals surface area contributed by atoms with E-state index in [0.717, 1.165) is 44.9 Å².